The number of carbonyl (C=O) groups is 2. The Balaban J connectivity index is 1.01. The fourth-order valence-electron chi connectivity index (χ4n) is 7.44. The molecule has 5 heterocycles. The Morgan fingerprint density at radius 3 is 2.31 bits per heavy atom. The van der Waals surface area contributed by atoms with Crippen molar-refractivity contribution in [1.29, 1.82) is 0 Å². The summed E-state index contributed by atoms with van der Waals surface area (Å²) in [5, 5.41) is 6.59. The van der Waals surface area contributed by atoms with Gasteiger partial charge in [-0.05, 0) is 50.3 Å². The van der Waals surface area contributed by atoms with E-state index in [1.54, 1.807) is 11.2 Å². The standard InChI is InChI=1S/C34H50F2N10O2/c1-33(2)3-8-43(9-4-33)20-25-17-27(36)28(18-26(25)35)46-22-32(48)41-34(23-46)5-10-45(11-6-34)31-19-30(39-24-40-31)38-7-12-42-13-15-44(16-14-42)21-29(37)47/h17-19,24H,3-16,20-23H2,1-2H3,(H2,37,47)(H,41,48)(H,38,39,40). The van der Waals surface area contributed by atoms with Gasteiger partial charge in [-0.25, -0.2) is 18.7 Å². The molecule has 4 N–H and O–H groups in total. The van der Waals surface area contributed by atoms with E-state index in [9.17, 15) is 9.59 Å². The topological polar surface area (TPSA) is 126 Å². The summed E-state index contributed by atoms with van der Waals surface area (Å²) in [6.07, 6.45) is 4.93. The lowest BCUT2D eigenvalue weighted by Crippen LogP contribution is -2.66. The highest BCUT2D eigenvalue weighted by atomic mass is 19.1. The molecule has 48 heavy (non-hydrogen) atoms. The number of nitrogens with one attached hydrogen (secondary N) is 2. The lowest BCUT2D eigenvalue weighted by molar-refractivity contribution is -0.123. The van der Waals surface area contributed by atoms with E-state index in [2.05, 4.69) is 54.0 Å². The van der Waals surface area contributed by atoms with Crippen molar-refractivity contribution in [2.75, 3.05) is 100 Å². The van der Waals surface area contributed by atoms with Gasteiger partial charge in [0.2, 0.25) is 11.8 Å². The van der Waals surface area contributed by atoms with E-state index in [1.165, 1.54) is 12.1 Å². The van der Waals surface area contributed by atoms with Crippen LogP contribution in [-0.2, 0) is 16.1 Å². The number of rotatable bonds is 10. The number of nitrogens with zero attached hydrogens (tertiary/aromatic N) is 7. The van der Waals surface area contributed by atoms with Crippen molar-refractivity contribution in [2.45, 2.75) is 51.6 Å². The Bertz CT molecular complexity index is 1450. The van der Waals surface area contributed by atoms with E-state index in [1.807, 2.05) is 6.07 Å². The van der Waals surface area contributed by atoms with E-state index in [0.29, 0.717) is 51.1 Å². The number of anilines is 3. The van der Waals surface area contributed by atoms with Gasteiger partial charge in [0.25, 0.3) is 0 Å². The average molecular weight is 669 g/mol. The molecular weight excluding hydrogens is 618 g/mol. The molecular formula is C34H50F2N10O2. The van der Waals surface area contributed by atoms with Crippen LogP contribution in [0.4, 0.5) is 26.1 Å². The number of amides is 2. The van der Waals surface area contributed by atoms with Crippen molar-refractivity contribution < 1.29 is 18.4 Å². The van der Waals surface area contributed by atoms with Crippen molar-refractivity contribution in [1.82, 2.24) is 30.0 Å². The summed E-state index contributed by atoms with van der Waals surface area (Å²) in [6, 6.07) is 4.54. The summed E-state index contributed by atoms with van der Waals surface area (Å²) in [4.78, 5) is 43.5. The zero-order chi connectivity index (χ0) is 33.9. The SMILES string of the molecule is CC1(C)CCN(Cc2cc(F)c(N3CC(=O)NC4(CCN(c5cc(NCCN6CCN(CC(N)=O)CC6)ncn5)CC4)C3)cc2F)CC1. The zero-order valence-corrected chi connectivity index (χ0v) is 28.3. The number of piperazine rings is 2. The van der Waals surface area contributed by atoms with E-state index in [4.69, 9.17) is 5.73 Å². The van der Waals surface area contributed by atoms with Gasteiger partial charge in [0.15, 0.2) is 0 Å². The number of piperidine rings is 2. The second-order valence-electron chi connectivity index (χ2n) is 14.8. The normalized spacial score (nSPS) is 22.1. The number of benzene rings is 1. The number of aromatic nitrogens is 2. The molecule has 4 aliphatic rings. The minimum atomic E-state index is -0.538. The summed E-state index contributed by atoms with van der Waals surface area (Å²) in [5.74, 6) is 0.161. The number of carbonyl (C=O) groups excluding carboxylic acids is 2. The maximum Gasteiger partial charge on any atom is 0.240 e. The molecule has 1 aromatic carbocycles. The molecule has 1 aromatic heterocycles. The summed E-state index contributed by atoms with van der Waals surface area (Å²) in [6.45, 7) is 13.7. The lowest BCUT2D eigenvalue weighted by atomic mass is 9.82. The zero-order valence-electron chi connectivity index (χ0n) is 28.3. The molecule has 12 nitrogen and oxygen atoms in total. The number of nitrogens with two attached hydrogens (primary N) is 1. The first-order valence-corrected chi connectivity index (χ1v) is 17.3. The van der Waals surface area contributed by atoms with Crippen LogP contribution in [0.2, 0.25) is 0 Å². The molecule has 4 aliphatic heterocycles. The van der Waals surface area contributed by atoms with Crippen molar-refractivity contribution in [2.24, 2.45) is 11.1 Å². The van der Waals surface area contributed by atoms with Gasteiger partial charge in [-0.15, -0.1) is 0 Å². The van der Waals surface area contributed by atoms with Crippen molar-refractivity contribution in [3.8, 4) is 0 Å². The first-order chi connectivity index (χ1) is 23.0. The predicted molar refractivity (Wildman–Crippen MR) is 182 cm³/mol. The molecule has 0 unspecified atom stereocenters. The Morgan fingerprint density at radius 1 is 0.896 bits per heavy atom. The number of hydrogen-bond acceptors (Lipinski definition) is 10. The fourth-order valence-corrected chi connectivity index (χ4v) is 7.44. The van der Waals surface area contributed by atoms with E-state index >= 15 is 8.78 Å². The van der Waals surface area contributed by atoms with Crippen LogP contribution >= 0.6 is 0 Å². The highest BCUT2D eigenvalue weighted by Gasteiger charge is 2.42. The van der Waals surface area contributed by atoms with Crippen LogP contribution in [0.3, 0.4) is 0 Å². The Hall–Kier alpha value is -3.62. The minimum Gasteiger partial charge on any atom is -0.369 e. The summed E-state index contributed by atoms with van der Waals surface area (Å²) in [7, 11) is 0. The molecule has 0 radical (unpaired) electrons. The quantitative estimate of drug-likeness (QED) is 0.346. The number of hydrogen-bond donors (Lipinski definition) is 3. The maximum atomic E-state index is 15.5. The van der Waals surface area contributed by atoms with Crippen LogP contribution in [0, 0.1) is 17.0 Å². The third-order valence-electron chi connectivity index (χ3n) is 10.6. The van der Waals surface area contributed by atoms with E-state index in [-0.39, 0.29) is 29.5 Å². The van der Waals surface area contributed by atoms with Gasteiger partial charge in [-0.2, -0.15) is 0 Å². The third kappa shape index (κ3) is 8.50. The van der Waals surface area contributed by atoms with Crippen LogP contribution in [0.15, 0.2) is 24.5 Å². The molecule has 2 aromatic rings. The van der Waals surface area contributed by atoms with Gasteiger partial charge in [-0.3, -0.25) is 24.3 Å². The van der Waals surface area contributed by atoms with Gasteiger partial charge in [-0.1, -0.05) is 13.8 Å². The Morgan fingerprint density at radius 2 is 1.60 bits per heavy atom. The Labute approximate surface area is 282 Å². The molecule has 1 spiro atoms. The summed E-state index contributed by atoms with van der Waals surface area (Å²) in [5.41, 5.74) is 5.57. The van der Waals surface area contributed by atoms with Crippen LogP contribution in [0.5, 0.6) is 0 Å². The number of halogens is 2. The molecule has 2 amide bonds. The van der Waals surface area contributed by atoms with Gasteiger partial charge < -0.3 is 26.2 Å². The molecule has 0 bridgehead atoms. The van der Waals surface area contributed by atoms with Crippen molar-refractivity contribution in [3.63, 3.8) is 0 Å². The third-order valence-corrected chi connectivity index (χ3v) is 10.6. The second-order valence-corrected chi connectivity index (χ2v) is 14.8. The smallest absolute Gasteiger partial charge is 0.240 e. The van der Waals surface area contributed by atoms with Crippen LogP contribution in [0.25, 0.3) is 0 Å². The summed E-state index contributed by atoms with van der Waals surface area (Å²) >= 11 is 0. The van der Waals surface area contributed by atoms with Crippen LogP contribution in [-0.4, -0.2) is 127 Å². The number of likely N-dealkylation sites (tertiary alicyclic amines) is 1. The van der Waals surface area contributed by atoms with Crippen LogP contribution < -0.4 is 26.2 Å². The van der Waals surface area contributed by atoms with Gasteiger partial charge in [0.1, 0.15) is 29.6 Å². The first kappa shape index (κ1) is 34.3. The average Bonchev–Trinajstić information content (AvgIpc) is 3.04. The monoisotopic (exact) mass is 668 g/mol. The molecule has 0 atom stereocenters. The predicted octanol–water partition coefficient (Wildman–Crippen LogP) is 1.87. The molecule has 0 aliphatic carbocycles. The lowest BCUT2D eigenvalue weighted by Gasteiger charge is -2.48. The molecule has 6 rings (SSSR count). The molecule has 4 fully saturated rings. The number of primary amides is 1. The van der Waals surface area contributed by atoms with Crippen molar-refractivity contribution >= 4 is 29.1 Å². The summed E-state index contributed by atoms with van der Waals surface area (Å²) < 4.78 is 30.9. The van der Waals surface area contributed by atoms with Crippen LogP contribution in [0.1, 0.15) is 45.1 Å². The fraction of sp³-hybridized carbons (Fsp3) is 0.647. The highest BCUT2D eigenvalue weighted by molar-refractivity contribution is 5.84. The van der Waals surface area contributed by atoms with E-state index < -0.39 is 17.2 Å². The maximum absolute atomic E-state index is 15.5. The molecule has 0 saturated carbocycles. The van der Waals surface area contributed by atoms with Gasteiger partial charge in [0.05, 0.1) is 24.3 Å². The Kier molecular flexibility index (Phi) is 10.3. The second kappa shape index (κ2) is 14.5. The minimum absolute atomic E-state index is 0.00756. The van der Waals surface area contributed by atoms with Gasteiger partial charge >= 0.3 is 0 Å². The molecule has 262 valence electrons. The van der Waals surface area contributed by atoms with E-state index in [0.717, 1.165) is 76.8 Å². The van der Waals surface area contributed by atoms with Crippen molar-refractivity contribution in [3.05, 3.63) is 41.7 Å². The van der Waals surface area contributed by atoms with Gasteiger partial charge in [0, 0.05) is 83.1 Å². The highest BCUT2D eigenvalue weighted by Crippen LogP contribution is 2.34. The molecule has 4 saturated heterocycles. The first-order valence-electron chi connectivity index (χ1n) is 17.3. The largest absolute Gasteiger partial charge is 0.369 e. The molecule has 14 heteroatoms.